The first kappa shape index (κ1) is 30.5. The van der Waals surface area contributed by atoms with Crippen molar-refractivity contribution >= 4 is 21.5 Å². The Labute approximate surface area is 279 Å². The number of carbonyl (C=O) groups is 1. The highest BCUT2D eigenvalue weighted by Crippen LogP contribution is 2.43. The molecule has 2 heterocycles. The van der Waals surface area contributed by atoms with Crippen molar-refractivity contribution in [2.75, 3.05) is 5.32 Å². The molecule has 3 atom stereocenters. The molecule has 3 aliphatic rings. The number of hydrogen-bond acceptors (Lipinski definition) is 5. The molecular weight excluding hydrogens is 626 g/mol. The van der Waals surface area contributed by atoms with E-state index in [1.165, 1.54) is 16.4 Å². The smallest absolute Gasteiger partial charge is 0.270 e. The van der Waals surface area contributed by atoms with E-state index in [2.05, 4.69) is 21.2 Å². The summed E-state index contributed by atoms with van der Waals surface area (Å²) in [7, 11) is -3.83. The quantitative estimate of drug-likeness (QED) is 0.165. The lowest BCUT2D eigenvalue weighted by Gasteiger charge is -2.37. The molecule has 8 nitrogen and oxygen atoms in total. The van der Waals surface area contributed by atoms with Crippen molar-refractivity contribution in [1.82, 2.24) is 14.5 Å². The van der Waals surface area contributed by atoms with Gasteiger partial charge in [-0.2, -0.15) is 5.10 Å². The van der Waals surface area contributed by atoms with Crippen molar-refractivity contribution in [3.05, 3.63) is 142 Å². The van der Waals surface area contributed by atoms with Gasteiger partial charge >= 0.3 is 0 Å². The van der Waals surface area contributed by atoms with E-state index >= 15 is 0 Å². The summed E-state index contributed by atoms with van der Waals surface area (Å²) in [6.07, 6.45) is 3.80. The summed E-state index contributed by atoms with van der Waals surface area (Å²) in [5.41, 5.74) is 4.62. The molecule has 2 unspecified atom stereocenters. The fraction of sp³-hybridized carbons (Fsp3) is 0.263. The first-order chi connectivity index (χ1) is 23.2. The minimum Gasteiger partial charge on any atom is -0.458 e. The molecule has 48 heavy (non-hydrogen) atoms. The van der Waals surface area contributed by atoms with Crippen LogP contribution in [0.1, 0.15) is 52.3 Å². The van der Waals surface area contributed by atoms with Gasteiger partial charge in [0.15, 0.2) is 0 Å². The SMILES string of the molecule is CC1(C(=O)Nc2c3c(cc4c2C[C@@H](F)C4)CCC3)Cn2ncc(S(=N)(=O)NC(c3ccccc3)(c3ccccc3)c3ccccc3)c2O1. The number of nitrogens with zero attached hydrogens (tertiary/aromatic N) is 2. The van der Waals surface area contributed by atoms with E-state index < -0.39 is 27.2 Å². The number of benzene rings is 4. The molecular formula is C38H36FN5O3S. The molecule has 4 aromatic carbocycles. The summed E-state index contributed by atoms with van der Waals surface area (Å²) >= 11 is 0. The number of carbonyl (C=O) groups excluding carboxylic acids is 1. The Morgan fingerprint density at radius 2 is 1.54 bits per heavy atom. The van der Waals surface area contributed by atoms with Crippen LogP contribution in [0.5, 0.6) is 5.88 Å². The molecule has 1 aromatic heterocycles. The van der Waals surface area contributed by atoms with Crippen molar-refractivity contribution < 1.29 is 18.1 Å². The highest BCUT2D eigenvalue weighted by atomic mass is 32.2. The lowest BCUT2D eigenvalue weighted by molar-refractivity contribution is -0.129. The Bertz CT molecular complexity index is 2040. The Hall–Kier alpha value is -4.80. The van der Waals surface area contributed by atoms with Gasteiger partial charge in [-0.05, 0) is 65.1 Å². The second-order valence-corrected chi connectivity index (χ2v) is 14.9. The normalized spacial score (nSPS) is 20.8. The lowest BCUT2D eigenvalue weighted by atomic mass is 9.78. The zero-order valence-corrected chi connectivity index (χ0v) is 27.4. The Kier molecular flexibility index (Phi) is 7.26. The number of nitrogens with one attached hydrogen (secondary N) is 3. The predicted molar refractivity (Wildman–Crippen MR) is 182 cm³/mol. The number of anilines is 1. The van der Waals surface area contributed by atoms with Gasteiger partial charge in [0.2, 0.25) is 11.5 Å². The van der Waals surface area contributed by atoms with Crippen LogP contribution in [0.4, 0.5) is 10.1 Å². The average Bonchev–Trinajstić information content (AvgIpc) is 3.88. The summed E-state index contributed by atoms with van der Waals surface area (Å²) in [6, 6.07) is 31.1. The first-order valence-electron chi connectivity index (χ1n) is 16.3. The molecule has 1 amide bonds. The summed E-state index contributed by atoms with van der Waals surface area (Å²) in [6.45, 7) is 1.73. The van der Waals surface area contributed by atoms with Gasteiger partial charge in [-0.15, -0.1) is 0 Å². The van der Waals surface area contributed by atoms with Gasteiger partial charge in [-0.3, -0.25) is 4.79 Å². The van der Waals surface area contributed by atoms with Gasteiger partial charge in [0.25, 0.3) is 5.91 Å². The van der Waals surface area contributed by atoms with Crippen molar-refractivity contribution in [2.24, 2.45) is 0 Å². The van der Waals surface area contributed by atoms with Crippen molar-refractivity contribution in [3.8, 4) is 5.88 Å². The zero-order chi connectivity index (χ0) is 33.1. The standard InChI is InChI=1S/C38H36FN5O3S/c1-37(36(45)42-34-31-19-11-12-25(31)20-26-21-30(39)22-32(26)34)24-44-35(47-37)33(23-41-44)48(40,46)43-38(27-13-5-2-6-14-27,28-15-7-3-8-16-28)29-17-9-4-10-18-29/h2-10,13-18,20,23,30H,11-12,19,21-22,24H2,1H3,(H,42,45)(H2,40,43,46)/t30-,37?,48?/m0/s1. The molecule has 3 N–H and O–H groups in total. The van der Waals surface area contributed by atoms with Crippen LogP contribution in [0, 0.1) is 4.78 Å². The van der Waals surface area contributed by atoms with Gasteiger partial charge in [-0.1, -0.05) is 97.1 Å². The van der Waals surface area contributed by atoms with Gasteiger partial charge in [0.1, 0.15) is 26.5 Å². The zero-order valence-electron chi connectivity index (χ0n) is 26.5. The van der Waals surface area contributed by atoms with E-state index in [-0.39, 0.29) is 29.6 Å². The van der Waals surface area contributed by atoms with Crippen LogP contribution in [0.25, 0.3) is 0 Å². The number of rotatable bonds is 8. The third-order valence-electron chi connectivity index (χ3n) is 9.95. The van der Waals surface area contributed by atoms with E-state index in [0.29, 0.717) is 12.1 Å². The number of halogens is 1. The third kappa shape index (κ3) is 4.93. The largest absolute Gasteiger partial charge is 0.458 e. The van der Waals surface area contributed by atoms with Crippen LogP contribution >= 0.6 is 0 Å². The van der Waals surface area contributed by atoms with E-state index in [1.807, 2.05) is 91.0 Å². The number of amides is 1. The molecule has 0 saturated carbocycles. The van der Waals surface area contributed by atoms with Crippen LogP contribution in [-0.2, 0) is 52.5 Å². The second-order valence-electron chi connectivity index (χ2n) is 13.2. The first-order valence-corrected chi connectivity index (χ1v) is 17.8. The topological polar surface area (TPSA) is 109 Å². The summed E-state index contributed by atoms with van der Waals surface area (Å²) in [5.74, 6) is -0.282. The maximum Gasteiger partial charge on any atom is 0.270 e. The molecule has 0 bridgehead atoms. The van der Waals surface area contributed by atoms with E-state index in [9.17, 15) is 18.2 Å². The van der Waals surface area contributed by atoms with E-state index in [4.69, 9.17) is 4.74 Å². The number of alkyl halides is 1. The van der Waals surface area contributed by atoms with E-state index in [1.54, 1.807) is 6.92 Å². The van der Waals surface area contributed by atoms with Crippen LogP contribution in [-0.4, -0.2) is 31.7 Å². The minimum absolute atomic E-state index is 0.0490. The van der Waals surface area contributed by atoms with Crippen molar-refractivity contribution in [3.63, 3.8) is 0 Å². The molecule has 244 valence electrons. The fourth-order valence-corrected chi connectivity index (χ4v) is 9.11. The molecule has 10 heteroatoms. The Morgan fingerprint density at radius 1 is 0.938 bits per heavy atom. The lowest BCUT2D eigenvalue weighted by Crippen LogP contribution is -2.47. The number of aromatic nitrogens is 2. The van der Waals surface area contributed by atoms with Crippen molar-refractivity contribution in [1.29, 1.82) is 4.78 Å². The number of aryl methyl sites for hydroxylation is 1. The van der Waals surface area contributed by atoms with Gasteiger partial charge in [0.05, 0.1) is 12.7 Å². The minimum atomic E-state index is -3.83. The second kappa shape index (κ2) is 11.4. The summed E-state index contributed by atoms with van der Waals surface area (Å²) in [4.78, 5) is 14.1. The highest BCUT2D eigenvalue weighted by molar-refractivity contribution is 7.90. The van der Waals surface area contributed by atoms with Gasteiger partial charge < -0.3 is 10.1 Å². The molecule has 1 aliphatic heterocycles. The van der Waals surface area contributed by atoms with Gasteiger partial charge in [-0.25, -0.2) is 22.8 Å². The molecule has 0 spiro atoms. The maximum absolute atomic E-state index is 14.8. The number of fused-ring (bicyclic) bond motifs is 3. The monoisotopic (exact) mass is 661 g/mol. The molecule has 0 radical (unpaired) electrons. The predicted octanol–water partition coefficient (Wildman–Crippen LogP) is 6.50. The Balaban J connectivity index is 1.15. The number of ether oxygens (including phenoxy) is 1. The molecule has 2 aliphatic carbocycles. The van der Waals surface area contributed by atoms with Crippen LogP contribution < -0.4 is 14.8 Å². The third-order valence-corrected chi connectivity index (χ3v) is 11.4. The highest BCUT2D eigenvalue weighted by Gasteiger charge is 2.47. The molecule has 0 saturated heterocycles. The number of hydrogen-bond donors (Lipinski definition) is 3. The molecule has 5 aromatic rings. The fourth-order valence-electron chi connectivity index (χ4n) is 7.63. The summed E-state index contributed by atoms with van der Waals surface area (Å²) in [5, 5.41) is 7.57. The molecule has 8 rings (SSSR count). The Morgan fingerprint density at radius 3 is 2.15 bits per heavy atom. The van der Waals surface area contributed by atoms with Crippen LogP contribution in [0.3, 0.4) is 0 Å². The average molecular weight is 662 g/mol. The van der Waals surface area contributed by atoms with Crippen molar-refractivity contribution in [2.45, 2.75) is 67.8 Å². The van der Waals surface area contributed by atoms with E-state index in [0.717, 1.165) is 52.6 Å². The maximum atomic E-state index is 14.8. The summed E-state index contributed by atoms with van der Waals surface area (Å²) < 4.78 is 49.8. The van der Waals surface area contributed by atoms with Gasteiger partial charge in [0, 0.05) is 18.5 Å². The van der Waals surface area contributed by atoms with Crippen LogP contribution in [0.15, 0.2) is 108 Å². The van der Waals surface area contributed by atoms with Crippen LogP contribution in [0.2, 0.25) is 0 Å². The molecule has 0 fully saturated rings.